The second-order valence-corrected chi connectivity index (χ2v) is 30.0. The Labute approximate surface area is 163 Å². The Kier molecular flexibility index (Phi) is 6.16. The third-order valence-corrected chi connectivity index (χ3v) is 30.7. The average molecular weight is 395 g/mol. The van der Waals surface area contributed by atoms with Crippen molar-refractivity contribution in [3.8, 4) is 0 Å². The van der Waals surface area contributed by atoms with E-state index in [0.717, 1.165) is 0 Å². The summed E-state index contributed by atoms with van der Waals surface area (Å²) in [5.41, 5.74) is 3.87. The van der Waals surface area contributed by atoms with Crippen LogP contribution < -0.4 is 10.4 Å². The lowest BCUT2D eigenvalue weighted by Gasteiger charge is -2.45. The van der Waals surface area contributed by atoms with Gasteiger partial charge in [0.25, 0.3) is 0 Å². The minimum atomic E-state index is -1.65. The molecule has 0 aliphatic carbocycles. The van der Waals surface area contributed by atoms with Crippen molar-refractivity contribution in [1.82, 2.24) is 0 Å². The highest BCUT2D eigenvalue weighted by Gasteiger charge is 2.49. The lowest BCUT2D eigenvalue weighted by Crippen LogP contribution is -2.72. The zero-order chi connectivity index (χ0) is 19.6. The van der Waals surface area contributed by atoms with E-state index < -0.39 is 23.3 Å². The van der Waals surface area contributed by atoms with Gasteiger partial charge in [-0.2, -0.15) is 0 Å². The fourth-order valence-electron chi connectivity index (χ4n) is 4.09. The summed E-state index contributed by atoms with van der Waals surface area (Å²) in [4.78, 5) is 0. The summed E-state index contributed by atoms with van der Waals surface area (Å²) in [6.07, 6.45) is 3.88. The number of hydrogen-bond donors (Lipinski definition) is 0. The number of rotatable bonds is 7. The van der Waals surface area contributed by atoms with Crippen LogP contribution in [0.3, 0.4) is 0 Å². The fraction of sp³-hybridized carbons (Fsp3) is 0.304. The molecule has 0 aliphatic rings. The monoisotopic (exact) mass is 394 g/mol. The van der Waals surface area contributed by atoms with Crippen LogP contribution in [0, 0.1) is 0 Å². The molecule has 26 heavy (non-hydrogen) atoms. The predicted molar refractivity (Wildman–Crippen MR) is 130 cm³/mol. The summed E-state index contributed by atoms with van der Waals surface area (Å²) in [6, 6.07) is 18.5. The van der Waals surface area contributed by atoms with Crippen molar-refractivity contribution in [3.63, 3.8) is 0 Å². The Morgan fingerprint density at radius 2 is 1.04 bits per heavy atom. The molecule has 2 aromatic rings. The van der Waals surface area contributed by atoms with Crippen LogP contribution >= 0.6 is 0 Å². The van der Waals surface area contributed by atoms with Crippen molar-refractivity contribution in [2.45, 2.75) is 44.9 Å². The molecule has 0 N–H and O–H groups in total. The van der Waals surface area contributed by atoms with E-state index in [1.54, 1.807) is 10.4 Å². The van der Waals surface area contributed by atoms with Crippen molar-refractivity contribution in [2.24, 2.45) is 0 Å². The van der Waals surface area contributed by atoms with Crippen LogP contribution in [-0.2, 0) is 0 Å². The Morgan fingerprint density at radius 1 is 0.654 bits per heavy atom. The third-order valence-electron chi connectivity index (χ3n) is 5.91. The molecule has 0 nitrogen and oxygen atoms in total. The van der Waals surface area contributed by atoms with E-state index in [1.165, 1.54) is 16.8 Å². The van der Waals surface area contributed by atoms with E-state index in [-0.39, 0.29) is 0 Å². The first-order valence-electron chi connectivity index (χ1n) is 9.49. The molecule has 138 valence electrons. The van der Waals surface area contributed by atoms with Gasteiger partial charge in [-0.25, -0.2) is 0 Å². The summed E-state index contributed by atoms with van der Waals surface area (Å²) < 4.78 is 0. The van der Waals surface area contributed by atoms with E-state index in [2.05, 4.69) is 101 Å². The van der Waals surface area contributed by atoms with Crippen molar-refractivity contribution < 1.29 is 0 Å². The summed E-state index contributed by atoms with van der Waals surface area (Å²) in [6.45, 7) is 23.3. The molecule has 1 unspecified atom stereocenters. The standard InChI is InChI=1S/C23H34Si3/c1-9-20-11-15-22(16-12-20)25(6,7)26(8,19-24(3,4)5)23-17-13-21(10-2)14-18-23/h9-18H,1-2,19H2,3-8H3. The molecule has 0 aliphatic heterocycles. The highest BCUT2D eigenvalue weighted by molar-refractivity contribution is 7.52. The number of hydrogen-bond acceptors (Lipinski definition) is 0. The smallest absolute Gasteiger partial charge is 0.0796 e. The van der Waals surface area contributed by atoms with E-state index in [9.17, 15) is 0 Å². The minimum absolute atomic E-state index is 1.20. The van der Waals surface area contributed by atoms with Gasteiger partial charge in [-0.05, 0) is 11.1 Å². The second-order valence-electron chi connectivity index (χ2n) is 9.35. The first kappa shape index (κ1) is 20.9. The molecule has 0 bridgehead atoms. The maximum Gasteiger partial charge on any atom is 0.0796 e. The lowest BCUT2D eigenvalue weighted by atomic mass is 10.2. The lowest BCUT2D eigenvalue weighted by molar-refractivity contribution is 1.55. The van der Waals surface area contributed by atoms with Crippen LogP contribution in [0.4, 0.5) is 0 Å². The minimum Gasteiger partial charge on any atom is -0.0985 e. The predicted octanol–water partition coefficient (Wildman–Crippen LogP) is 5.83. The molecule has 0 heterocycles. The Bertz CT molecular complexity index is 765. The fourth-order valence-corrected chi connectivity index (χ4v) is 32.2. The third kappa shape index (κ3) is 4.27. The summed E-state index contributed by atoms with van der Waals surface area (Å²) in [5.74, 6) is 0. The van der Waals surface area contributed by atoms with Gasteiger partial charge in [-0.15, -0.1) is 0 Å². The molecule has 3 heteroatoms. The van der Waals surface area contributed by atoms with Crippen molar-refractivity contribution in [3.05, 3.63) is 72.8 Å². The first-order valence-corrected chi connectivity index (χ1v) is 19.9. The quantitative estimate of drug-likeness (QED) is 0.518. The zero-order valence-corrected chi connectivity index (χ0v) is 20.4. The van der Waals surface area contributed by atoms with E-state index in [0.29, 0.717) is 0 Å². The molecule has 1 atom stereocenters. The first-order chi connectivity index (χ1) is 12.0. The van der Waals surface area contributed by atoms with Crippen molar-refractivity contribution in [1.29, 1.82) is 0 Å². The van der Waals surface area contributed by atoms with Crippen LogP contribution in [0.5, 0.6) is 0 Å². The van der Waals surface area contributed by atoms with Crippen LogP contribution in [0.15, 0.2) is 61.7 Å². The second kappa shape index (κ2) is 7.67. The summed E-state index contributed by atoms with van der Waals surface area (Å²) >= 11 is 0. The van der Waals surface area contributed by atoms with Crippen LogP contribution in [0.25, 0.3) is 12.2 Å². The van der Waals surface area contributed by atoms with E-state index in [1.807, 2.05) is 12.2 Å². The van der Waals surface area contributed by atoms with Gasteiger partial charge in [0.2, 0.25) is 0 Å². The Morgan fingerprint density at radius 3 is 1.38 bits per heavy atom. The van der Waals surface area contributed by atoms with Crippen molar-refractivity contribution in [2.75, 3.05) is 0 Å². The van der Waals surface area contributed by atoms with Gasteiger partial charge in [-0.3, -0.25) is 0 Å². The maximum absolute atomic E-state index is 3.91. The molecular formula is C23H34Si3. The van der Waals surface area contributed by atoms with Gasteiger partial charge in [0, 0.05) is 8.07 Å². The highest BCUT2D eigenvalue weighted by Crippen LogP contribution is 2.29. The van der Waals surface area contributed by atoms with Gasteiger partial charge in [0.05, 0.1) is 15.2 Å². The summed E-state index contributed by atoms with van der Waals surface area (Å²) in [7, 11) is -4.48. The topological polar surface area (TPSA) is 0 Å². The largest absolute Gasteiger partial charge is 0.0985 e. The molecule has 2 aromatic carbocycles. The maximum atomic E-state index is 3.91. The zero-order valence-electron chi connectivity index (χ0n) is 17.4. The SMILES string of the molecule is C=Cc1ccc([Si](C)(C)[Si](C)(C[Si](C)(C)C)c2ccc(C=C)cc2)cc1. The molecule has 0 spiro atoms. The van der Waals surface area contributed by atoms with Gasteiger partial charge in [-0.1, -0.05) is 129 Å². The Balaban J connectivity index is 2.59. The highest BCUT2D eigenvalue weighted by atomic mass is 29.3. The molecular weight excluding hydrogens is 361 g/mol. The van der Waals surface area contributed by atoms with Crippen LogP contribution in [-0.4, -0.2) is 23.3 Å². The molecule has 0 radical (unpaired) electrons. The van der Waals surface area contributed by atoms with E-state index in [4.69, 9.17) is 0 Å². The van der Waals surface area contributed by atoms with E-state index >= 15 is 0 Å². The van der Waals surface area contributed by atoms with Gasteiger partial charge >= 0.3 is 0 Å². The van der Waals surface area contributed by atoms with Gasteiger partial charge < -0.3 is 0 Å². The number of benzene rings is 2. The summed E-state index contributed by atoms with van der Waals surface area (Å²) in [5, 5.41) is 3.21. The molecule has 0 amide bonds. The molecule has 0 saturated heterocycles. The average Bonchev–Trinajstić information content (AvgIpc) is 2.60. The Hall–Kier alpha value is -1.43. The van der Waals surface area contributed by atoms with Crippen molar-refractivity contribution >= 4 is 45.8 Å². The molecule has 0 fully saturated rings. The van der Waals surface area contributed by atoms with Crippen LogP contribution in [0.2, 0.25) is 44.9 Å². The van der Waals surface area contributed by atoms with Gasteiger partial charge in [0.1, 0.15) is 0 Å². The van der Waals surface area contributed by atoms with Crippen LogP contribution in [0.1, 0.15) is 11.1 Å². The molecule has 0 saturated carbocycles. The molecule has 0 aromatic heterocycles. The normalized spacial score (nSPS) is 14.5. The van der Waals surface area contributed by atoms with Gasteiger partial charge in [0.15, 0.2) is 0 Å². The molecule has 2 rings (SSSR count).